The van der Waals surface area contributed by atoms with Gasteiger partial charge in [-0.15, -0.1) is 10.2 Å². The molecule has 17 nitrogen and oxygen atoms in total. The maximum atomic E-state index is 10.3. The largest absolute Gasteiger partial charge is 0.457 e. The van der Waals surface area contributed by atoms with Gasteiger partial charge in [-0.3, -0.25) is 0 Å². The zero-order valence-corrected chi connectivity index (χ0v) is 29.6. The van der Waals surface area contributed by atoms with Crippen molar-refractivity contribution < 1.29 is 34.6 Å². The predicted octanol–water partition coefficient (Wildman–Crippen LogP) is -0.384. The SMILES string of the molecule is N[C@@H]1C[C@H](N)[C@@H](OCCCCc2cn(-c3ccc(Oc4ccc(-n5cc(CCCCO[C@H]6[C@H](O)[C@@H](O)[C@H](N)C[C@@H]6N)nn5)cc4)cc3)nn2)[C@H](O)[C@H]1O. The topological polar surface area (TPSA) is 274 Å². The third-order valence-electron chi connectivity index (χ3n) is 9.98. The van der Waals surface area contributed by atoms with Crippen LogP contribution in [-0.2, 0) is 22.3 Å². The zero-order valence-electron chi connectivity index (χ0n) is 29.6. The number of unbranched alkanes of at least 4 members (excludes halogenated alkanes) is 2. The van der Waals surface area contributed by atoms with Crippen LogP contribution in [0.5, 0.6) is 11.5 Å². The number of aryl methyl sites for hydroxylation is 2. The average molecular weight is 737 g/mol. The summed E-state index contributed by atoms with van der Waals surface area (Å²) in [4.78, 5) is 0. The van der Waals surface area contributed by atoms with Crippen molar-refractivity contribution in [2.24, 2.45) is 22.9 Å². The summed E-state index contributed by atoms with van der Waals surface area (Å²) >= 11 is 0. The van der Waals surface area contributed by atoms with Crippen LogP contribution in [0.25, 0.3) is 11.4 Å². The van der Waals surface area contributed by atoms with E-state index in [1.807, 2.05) is 60.9 Å². The number of nitrogens with two attached hydrogens (primary N) is 4. The summed E-state index contributed by atoms with van der Waals surface area (Å²) in [5.74, 6) is 1.34. The monoisotopic (exact) mass is 736 g/mol. The average Bonchev–Trinajstić information content (AvgIpc) is 3.83. The molecule has 53 heavy (non-hydrogen) atoms. The van der Waals surface area contributed by atoms with E-state index in [1.54, 1.807) is 9.36 Å². The van der Waals surface area contributed by atoms with Gasteiger partial charge in [-0.2, -0.15) is 0 Å². The summed E-state index contributed by atoms with van der Waals surface area (Å²) in [5, 5.41) is 57.7. The van der Waals surface area contributed by atoms with Gasteiger partial charge in [-0.05, 0) is 99.9 Å². The van der Waals surface area contributed by atoms with Crippen molar-refractivity contribution in [1.82, 2.24) is 30.0 Å². The molecule has 2 fully saturated rings. The van der Waals surface area contributed by atoms with Gasteiger partial charge in [0.05, 0.1) is 47.4 Å². The number of hydrogen-bond acceptors (Lipinski definition) is 15. The van der Waals surface area contributed by atoms with Gasteiger partial charge >= 0.3 is 0 Å². The fourth-order valence-electron chi connectivity index (χ4n) is 6.83. The van der Waals surface area contributed by atoms with Gasteiger partial charge in [0.2, 0.25) is 0 Å². The van der Waals surface area contributed by atoms with Gasteiger partial charge < -0.3 is 57.6 Å². The van der Waals surface area contributed by atoms with Gasteiger partial charge in [0.25, 0.3) is 0 Å². The molecule has 2 aliphatic rings. The molecule has 12 N–H and O–H groups in total. The fourth-order valence-corrected chi connectivity index (χ4v) is 6.83. The zero-order chi connectivity index (χ0) is 37.5. The number of aliphatic hydroxyl groups excluding tert-OH is 4. The summed E-state index contributed by atoms with van der Waals surface area (Å²) in [7, 11) is 0. The highest BCUT2D eigenvalue weighted by Crippen LogP contribution is 2.25. The van der Waals surface area contributed by atoms with Crippen LogP contribution in [0.15, 0.2) is 60.9 Å². The van der Waals surface area contributed by atoms with Crippen LogP contribution in [0.1, 0.15) is 49.9 Å². The second-order valence-electron chi connectivity index (χ2n) is 14.1. The Hall–Kier alpha value is -3.88. The van der Waals surface area contributed by atoms with E-state index in [0.29, 0.717) is 50.4 Å². The molecule has 0 unspecified atom stereocenters. The quantitative estimate of drug-likeness (QED) is 0.0681. The first-order valence-electron chi connectivity index (χ1n) is 18.3. The van der Waals surface area contributed by atoms with Crippen molar-refractivity contribution in [2.45, 2.75) is 112 Å². The molecule has 10 atom stereocenters. The first-order valence-corrected chi connectivity index (χ1v) is 18.3. The van der Waals surface area contributed by atoms with Crippen LogP contribution in [0.3, 0.4) is 0 Å². The molecule has 17 heteroatoms. The Morgan fingerprint density at radius 3 is 1.34 bits per heavy atom. The number of hydrogen-bond donors (Lipinski definition) is 8. The number of aromatic nitrogens is 6. The Morgan fingerprint density at radius 1 is 0.547 bits per heavy atom. The summed E-state index contributed by atoms with van der Waals surface area (Å²) in [6.07, 6.45) is 3.58. The molecule has 2 aromatic carbocycles. The van der Waals surface area contributed by atoms with Crippen LogP contribution in [-0.4, -0.2) is 124 Å². The third kappa shape index (κ3) is 9.81. The first-order chi connectivity index (χ1) is 25.6. The van der Waals surface area contributed by atoms with Gasteiger partial charge in [-0.1, -0.05) is 10.4 Å². The summed E-state index contributed by atoms with van der Waals surface area (Å²) < 4.78 is 21.1. The molecule has 0 saturated heterocycles. The second kappa shape index (κ2) is 18.0. The van der Waals surface area contributed by atoms with E-state index in [2.05, 4.69) is 20.6 Å². The summed E-state index contributed by atoms with van der Waals surface area (Å²) in [5.41, 5.74) is 27.2. The fraction of sp³-hybridized carbons (Fsp3) is 0.556. The van der Waals surface area contributed by atoms with Gasteiger partial charge in [-0.25, -0.2) is 9.36 Å². The molecule has 2 aromatic heterocycles. The third-order valence-corrected chi connectivity index (χ3v) is 9.98. The van der Waals surface area contributed by atoms with Crippen molar-refractivity contribution in [3.05, 3.63) is 72.3 Å². The molecule has 0 spiro atoms. The Balaban J connectivity index is 0.897. The van der Waals surface area contributed by atoms with Crippen molar-refractivity contribution in [3.63, 3.8) is 0 Å². The highest BCUT2D eigenvalue weighted by molar-refractivity contribution is 5.41. The molecule has 0 amide bonds. The van der Waals surface area contributed by atoms with Gasteiger partial charge in [0.1, 0.15) is 35.9 Å². The molecule has 0 radical (unpaired) electrons. The minimum atomic E-state index is -1.09. The molecular weight excluding hydrogens is 684 g/mol. The van der Waals surface area contributed by atoms with E-state index in [9.17, 15) is 20.4 Å². The Morgan fingerprint density at radius 2 is 0.943 bits per heavy atom. The normalized spacial score (nSPS) is 29.0. The minimum Gasteiger partial charge on any atom is -0.457 e. The van der Waals surface area contributed by atoms with Crippen LogP contribution < -0.4 is 27.7 Å². The van der Waals surface area contributed by atoms with E-state index in [4.69, 9.17) is 37.1 Å². The van der Waals surface area contributed by atoms with Crippen LogP contribution >= 0.6 is 0 Å². The molecule has 0 bridgehead atoms. The van der Waals surface area contributed by atoms with Crippen LogP contribution in [0.2, 0.25) is 0 Å². The number of benzene rings is 2. The van der Waals surface area contributed by atoms with E-state index >= 15 is 0 Å². The lowest BCUT2D eigenvalue weighted by atomic mass is 9.85. The maximum Gasteiger partial charge on any atom is 0.127 e. The molecule has 2 aliphatic carbocycles. The Kier molecular flexibility index (Phi) is 13.2. The Labute approximate surface area is 307 Å². The standard InChI is InChI=1S/C36H52N10O7/c37-27-17-29(39)35(33(49)31(27)47)51-15-3-1-5-21-19-45(43-41-21)23-7-11-25(12-8-23)53-26-13-9-24(10-14-26)46-20-22(42-44-46)6-2-4-16-52-36-30(40)18-28(38)32(48)34(36)50/h7-14,19-20,27-36,47-50H,1-6,15-18,37-40H2/t27-,28-,29+,30+,31+,32+,33-,34-,35-,36-/m1/s1. The second-order valence-corrected chi connectivity index (χ2v) is 14.1. The van der Waals surface area contributed by atoms with Crippen LogP contribution in [0, 0.1) is 0 Å². The lowest BCUT2D eigenvalue weighted by Crippen LogP contribution is -2.62. The summed E-state index contributed by atoms with van der Waals surface area (Å²) in [6.45, 7) is 0.814. The van der Waals surface area contributed by atoms with E-state index in [-0.39, 0.29) is 0 Å². The van der Waals surface area contributed by atoms with Crippen molar-refractivity contribution in [2.75, 3.05) is 13.2 Å². The first kappa shape index (κ1) is 38.8. The molecule has 288 valence electrons. The van der Waals surface area contributed by atoms with Gasteiger partial charge in [0.15, 0.2) is 0 Å². The van der Waals surface area contributed by atoms with Crippen LogP contribution in [0.4, 0.5) is 0 Å². The molecule has 2 heterocycles. The highest BCUT2D eigenvalue weighted by atomic mass is 16.5. The van der Waals surface area contributed by atoms with E-state index in [0.717, 1.165) is 48.4 Å². The summed E-state index contributed by atoms with van der Waals surface area (Å²) in [6, 6.07) is 13.2. The van der Waals surface area contributed by atoms with Gasteiger partial charge in [0, 0.05) is 37.4 Å². The maximum absolute atomic E-state index is 10.3. The number of rotatable bonds is 16. The lowest BCUT2D eigenvalue weighted by molar-refractivity contribution is -0.127. The molecule has 0 aliphatic heterocycles. The number of aliphatic hydroxyl groups is 4. The predicted molar refractivity (Wildman–Crippen MR) is 193 cm³/mol. The van der Waals surface area contributed by atoms with Crippen molar-refractivity contribution in [1.29, 1.82) is 0 Å². The molecule has 4 aromatic rings. The van der Waals surface area contributed by atoms with E-state index < -0.39 is 60.8 Å². The smallest absolute Gasteiger partial charge is 0.127 e. The van der Waals surface area contributed by atoms with Crippen molar-refractivity contribution in [3.8, 4) is 22.9 Å². The van der Waals surface area contributed by atoms with E-state index in [1.165, 1.54) is 0 Å². The minimum absolute atomic E-state index is 0.399. The Bertz CT molecular complexity index is 1580. The number of ether oxygens (including phenoxy) is 3. The lowest BCUT2D eigenvalue weighted by Gasteiger charge is -2.39. The molecule has 2 saturated carbocycles. The number of nitrogens with zero attached hydrogens (tertiary/aromatic N) is 6. The molecule has 6 rings (SSSR count). The van der Waals surface area contributed by atoms with Crippen molar-refractivity contribution >= 4 is 0 Å². The highest BCUT2D eigenvalue weighted by Gasteiger charge is 2.42. The molecular formula is C36H52N10O7.